The molecule has 1 fully saturated rings. The van der Waals surface area contributed by atoms with Crippen molar-refractivity contribution in [3.63, 3.8) is 0 Å². The van der Waals surface area contributed by atoms with Gasteiger partial charge in [-0.3, -0.25) is 9.69 Å². The van der Waals surface area contributed by atoms with Crippen LogP contribution in [0.1, 0.15) is 41.8 Å². The van der Waals surface area contributed by atoms with Gasteiger partial charge in [-0.25, -0.2) is 0 Å². The smallest absolute Gasteiger partial charge is 0.239 e. The molecule has 2 unspecified atom stereocenters. The first-order valence-electron chi connectivity index (χ1n) is 10.8. The molecule has 2 heterocycles. The molecule has 2 aromatic rings. The van der Waals surface area contributed by atoms with Crippen LogP contribution in [-0.4, -0.2) is 43.0 Å². The molecule has 2 atom stereocenters. The van der Waals surface area contributed by atoms with Crippen LogP contribution >= 0.6 is 11.3 Å². The lowest BCUT2D eigenvalue weighted by atomic mass is 9.89. The zero-order valence-electron chi connectivity index (χ0n) is 18.1. The van der Waals surface area contributed by atoms with Crippen molar-refractivity contribution in [3.05, 3.63) is 45.8 Å². The summed E-state index contributed by atoms with van der Waals surface area (Å²) in [5, 5.41) is 13.4. The Morgan fingerprint density at radius 2 is 2.03 bits per heavy atom. The highest BCUT2D eigenvalue weighted by molar-refractivity contribution is 7.16. The van der Waals surface area contributed by atoms with Crippen LogP contribution in [0.4, 0.5) is 10.7 Å². The second-order valence-electron chi connectivity index (χ2n) is 8.83. The van der Waals surface area contributed by atoms with Gasteiger partial charge in [-0.1, -0.05) is 24.6 Å². The largest absolute Gasteiger partial charge is 0.366 e. The molecule has 2 aliphatic rings. The number of carbonyl (C=O) groups excluding carboxylic acids is 1. The molecule has 1 aliphatic carbocycles. The number of nitriles is 1. The zero-order chi connectivity index (χ0) is 21.3. The molecule has 158 valence electrons. The van der Waals surface area contributed by atoms with Gasteiger partial charge in [-0.05, 0) is 56.7 Å². The predicted octanol–water partition coefficient (Wildman–Crippen LogP) is 4.20. The van der Waals surface area contributed by atoms with Crippen LogP contribution in [0.2, 0.25) is 0 Å². The first-order valence-corrected chi connectivity index (χ1v) is 11.7. The maximum absolute atomic E-state index is 12.8. The van der Waals surface area contributed by atoms with Crippen molar-refractivity contribution in [2.75, 3.05) is 36.4 Å². The minimum atomic E-state index is -0.0193. The maximum Gasteiger partial charge on any atom is 0.239 e. The van der Waals surface area contributed by atoms with E-state index in [9.17, 15) is 10.1 Å². The average molecular weight is 423 g/mol. The number of piperazine rings is 1. The van der Waals surface area contributed by atoms with E-state index in [0.717, 1.165) is 49.5 Å². The number of thiophene rings is 1. The first-order chi connectivity index (χ1) is 14.4. The van der Waals surface area contributed by atoms with E-state index in [2.05, 4.69) is 66.2 Å². The fourth-order valence-corrected chi connectivity index (χ4v) is 6.00. The third kappa shape index (κ3) is 4.38. The minimum absolute atomic E-state index is 0.0193. The van der Waals surface area contributed by atoms with E-state index in [4.69, 9.17) is 0 Å². The number of aryl methyl sites for hydroxylation is 1. The van der Waals surface area contributed by atoms with Crippen molar-refractivity contribution in [3.8, 4) is 6.07 Å². The average Bonchev–Trinajstić information content (AvgIpc) is 3.04. The van der Waals surface area contributed by atoms with Gasteiger partial charge in [-0.15, -0.1) is 11.3 Å². The van der Waals surface area contributed by atoms with Gasteiger partial charge in [0, 0.05) is 36.2 Å². The minimum Gasteiger partial charge on any atom is -0.366 e. The second kappa shape index (κ2) is 8.79. The number of carbonyl (C=O) groups is 1. The molecule has 1 amide bonds. The second-order valence-corrected chi connectivity index (χ2v) is 9.93. The number of nitrogens with zero attached hydrogens (tertiary/aromatic N) is 3. The maximum atomic E-state index is 12.8. The zero-order valence-corrected chi connectivity index (χ0v) is 18.9. The highest BCUT2D eigenvalue weighted by Crippen LogP contribution is 2.39. The van der Waals surface area contributed by atoms with Crippen LogP contribution in [0.3, 0.4) is 0 Å². The van der Waals surface area contributed by atoms with E-state index in [1.165, 1.54) is 16.1 Å². The van der Waals surface area contributed by atoms with Gasteiger partial charge >= 0.3 is 0 Å². The number of rotatable bonds is 4. The van der Waals surface area contributed by atoms with Crippen LogP contribution in [0.15, 0.2) is 24.3 Å². The lowest BCUT2D eigenvalue weighted by Crippen LogP contribution is -2.53. The standard InChI is InChI=1S/C24H30N4OS/c1-16-4-7-19(8-5-16)28-11-10-27(14-18(28)3)15-23(29)26-24-21(13-25)20-9-6-17(2)12-22(20)30-24/h4-5,7-8,17-18H,6,9-12,14-15H2,1-3H3,(H,26,29). The Bertz CT molecular complexity index is 959. The Labute approximate surface area is 183 Å². The van der Waals surface area contributed by atoms with E-state index in [1.807, 2.05) is 0 Å². The summed E-state index contributed by atoms with van der Waals surface area (Å²) in [7, 11) is 0. The summed E-state index contributed by atoms with van der Waals surface area (Å²) in [6, 6.07) is 11.3. The number of nitrogens with one attached hydrogen (secondary N) is 1. The Kier molecular flexibility index (Phi) is 6.12. The number of hydrogen-bond acceptors (Lipinski definition) is 5. The third-order valence-corrected chi connectivity index (χ3v) is 7.49. The molecule has 1 aromatic carbocycles. The molecule has 0 radical (unpaired) electrons. The molecule has 4 rings (SSSR count). The SMILES string of the molecule is Cc1ccc(N2CCN(CC(=O)Nc3sc4c(c3C#N)CCC(C)C4)CC2C)cc1. The van der Waals surface area contributed by atoms with Gasteiger partial charge in [0.25, 0.3) is 0 Å². The van der Waals surface area contributed by atoms with Gasteiger partial charge in [0.05, 0.1) is 12.1 Å². The molecule has 0 spiro atoms. The summed E-state index contributed by atoms with van der Waals surface area (Å²) in [6.45, 7) is 9.56. The Morgan fingerprint density at radius 3 is 2.73 bits per heavy atom. The number of benzene rings is 1. The number of amides is 1. The van der Waals surface area contributed by atoms with E-state index < -0.39 is 0 Å². The van der Waals surface area contributed by atoms with Crippen molar-refractivity contribution < 1.29 is 4.79 Å². The van der Waals surface area contributed by atoms with Crippen molar-refractivity contribution in [2.24, 2.45) is 5.92 Å². The summed E-state index contributed by atoms with van der Waals surface area (Å²) in [4.78, 5) is 18.7. The summed E-state index contributed by atoms with van der Waals surface area (Å²) in [5.74, 6) is 0.631. The van der Waals surface area contributed by atoms with Gasteiger partial charge in [0.15, 0.2) is 0 Å². The molecule has 30 heavy (non-hydrogen) atoms. The molecular weight excluding hydrogens is 392 g/mol. The lowest BCUT2D eigenvalue weighted by molar-refractivity contribution is -0.117. The van der Waals surface area contributed by atoms with Crippen molar-refractivity contribution in [1.82, 2.24) is 4.90 Å². The van der Waals surface area contributed by atoms with Crippen LogP contribution in [-0.2, 0) is 17.6 Å². The van der Waals surface area contributed by atoms with Gasteiger partial charge < -0.3 is 10.2 Å². The number of hydrogen-bond donors (Lipinski definition) is 1. The third-order valence-electron chi connectivity index (χ3n) is 6.32. The van der Waals surface area contributed by atoms with E-state index in [1.54, 1.807) is 11.3 Å². The summed E-state index contributed by atoms with van der Waals surface area (Å²) < 4.78 is 0. The van der Waals surface area contributed by atoms with E-state index >= 15 is 0 Å². The molecule has 6 heteroatoms. The number of anilines is 2. The van der Waals surface area contributed by atoms with E-state index in [-0.39, 0.29) is 5.91 Å². The summed E-state index contributed by atoms with van der Waals surface area (Å²) in [6.07, 6.45) is 3.09. The highest BCUT2D eigenvalue weighted by Gasteiger charge is 2.27. The quantitative estimate of drug-likeness (QED) is 0.802. The molecule has 1 saturated heterocycles. The summed E-state index contributed by atoms with van der Waals surface area (Å²) in [5.41, 5.74) is 4.36. The fraction of sp³-hybridized carbons (Fsp3) is 0.500. The van der Waals surface area contributed by atoms with Crippen molar-refractivity contribution in [1.29, 1.82) is 5.26 Å². The number of fused-ring (bicyclic) bond motifs is 1. The van der Waals surface area contributed by atoms with Gasteiger partial charge in [0.2, 0.25) is 5.91 Å². The Hall–Kier alpha value is -2.36. The molecule has 0 saturated carbocycles. The molecular formula is C24H30N4OS. The Morgan fingerprint density at radius 1 is 1.27 bits per heavy atom. The molecule has 1 aliphatic heterocycles. The normalized spacial score (nSPS) is 21.7. The monoisotopic (exact) mass is 422 g/mol. The molecule has 1 N–H and O–H groups in total. The molecule has 0 bridgehead atoms. The molecule has 5 nitrogen and oxygen atoms in total. The predicted molar refractivity (Wildman–Crippen MR) is 123 cm³/mol. The Balaban J connectivity index is 1.36. The van der Waals surface area contributed by atoms with E-state index in [0.29, 0.717) is 24.1 Å². The first kappa shape index (κ1) is 20.9. The van der Waals surface area contributed by atoms with Crippen LogP contribution < -0.4 is 10.2 Å². The summed E-state index contributed by atoms with van der Waals surface area (Å²) >= 11 is 1.60. The fourth-order valence-electron chi connectivity index (χ4n) is 4.62. The molecule has 1 aromatic heterocycles. The highest BCUT2D eigenvalue weighted by atomic mass is 32.1. The van der Waals surface area contributed by atoms with Crippen molar-refractivity contribution in [2.45, 2.75) is 46.1 Å². The van der Waals surface area contributed by atoms with Crippen molar-refractivity contribution >= 4 is 27.9 Å². The lowest BCUT2D eigenvalue weighted by Gasteiger charge is -2.41. The van der Waals surface area contributed by atoms with Gasteiger partial charge in [-0.2, -0.15) is 5.26 Å². The van der Waals surface area contributed by atoms with Crippen LogP contribution in [0.25, 0.3) is 0 Å². The van der Waals surface area contributed by atoms with Crippen LogP contribution in [0, 0.1) is 24.2 Å². The topological polar surface area (TPSA) is 59.4 Å². The van der Waals surface area contributed by atoms with Crippen LogP contribution in [0.5, 0.6) is 0 Å². The van der Waals surface area contributed by atoms with Gasteiger partial charge in [0.1, 0.15) is 11.1 Å².